The lowest BCUT2D eigenvalue weighted by atomic mass is 10.2. The predicted octanol–water partition coefficient (Wildman–Crippen LogP) is 2.61. The molecule has 1 fully saturated rings. The first-order valence-electron chi connectivity index (χ1n) is 6.16. The van der Waals surface area contributed by atoms with Crippen LogP contribution in [0.25, 0.3) is 0 Å². The van der Waals surface area contributed by atoms with Gasteiger partial charge in [0.2, 0.25) is 0 Å². The maximum absolute atomic E-state index is 12.0. The molecule has 1 amide bonds. The maximum atomic E-state index is 12.0. The van der Waals surface area contributed by atoms with Gasteiger partial charge in [0, 0.05) is 31.7 Å². The number of nitrogens with one attached hydrogen (secondary N) is 1. The van der Waals surface area contributed by atoms with Gasteiger partial charge in [-0.1, -0.05) is 23.2 Å². The molecular weight excluding hydrogens is 323 g/mol. The number of carbonyl (C=O) groups is 1. The third kappa shape index (κ3) is 4.42. The predicted molar refractivity (Wildman–Crippen MR) is 83.2 cm³/mol. The number of piperazine rings is 1. The van der Waals surface area contributed by atoms with Gasteiger partial charge in [-0.2, -0.15) is 0 Å². The van der Waals surface area contributed by atoms with Crippen molar-refractivity contribution >= 4 is 41.5 Å². The number of carbonyl (C=O) groups excluding carboxylic acids is 1. The number of rotatable bonds is 3. The first kappa shape index (κ1) is 17.4. The normalized spacial score (nSPS) is 18.4. The van der Waals surface area contributed by atoms with Crippen molar-refractivity contribution in [3.05, 3.63) is 28.2 Å². The molecule has 1 aromatic carbocycles. The lowest BCUT2D eigenvalue weighted by Gasteiger charge is -2.33. The van der Waals surface area contributed by atoms with E-state index in [1.807, 2.05) is 11.8 Å². The van der Waals surface area contributed by atoms with E-state index in [9.17, 15) is 4.79 Å². The van der Waals surface area contributed by atoms with E-state index in [-0.39, 0.29) is 31.0 Å². The summed E-state index contributed by atoms with van der Waals surface area (Å²) in [5, 5.41) is 4.13. The van der Waals surface area contributed by atoms with E-state index in [0.717, 1.165) is 13.1 Å². The fraction of sp³-hybridized carbons (Fsp3) is 0.462. The number of benzene rings is 1. The van der Waals surface area contributed by atoms with Crippen LogP contribution in [-0.2, 0) is 4.79 Å². The van der Waals surface area contributed by atoms with Gasteiger partial charge in [0.25, 0.3) is 5.91 Å². The molecule has 4 nitrogen and oxygen atoms in total. The van der Waals surface area contributed by atoms with Crippen molar-refractivity contribution in [1.29, 1.82) is 0 Å². The molecule has 0 unspecified atom stereocenters. The second-order valence-electron chi connectivity index (χ2n) is 4.50. The molecule has 0 bridgehead atoms. The molecular formula is C13H17Cl3N2O2. The van der Waals surface area contributed by atoms with Gasteiger partial charge in [-0.3, -0.25) is 4.79 Å². The van der Waals surface area contributed by atoms with Crippen molar-refractivity contribution in [2.45, 2.75) is 13.0 Å². The van der Waals surface area contributed by atoms with Crippen molar-refractivity contribution in [2.24, 2.45) is 0 Å². The maximum Gasteiger partial charge on any atom is 0.260 e. The van der Waals surface area contributed by atoms with Gasteiger partial charge in [-0.05, 0) is 19.1 Å². The number of halogens is 3. The summed E-state index contributed by atoms with van der Waals surface area (Å²) in [5.41, 5.74) is 0. The fourth-order valence-electron chi connectivity index (χ4n) is 2.01. The van der Waals surface area contributed by atoms with Crippen LogP contribution in [0.15, 0.2) is 18.2 Å². The minimum absolute atomic E-state index is 0. The van der Waals surface area contributed by atoms with Crippen LogP contribution in [-0.4, -0.2) is 43.1 Å². The lowest BCUT2D eigenvalue weighted by Crippen LogP contribution is -2.53. The van der Waals surface area contributed by atoms with Crippen LogP contribution in [0.2, 0.25) is 10.0 Å². The standard InChI is InChI=1S/C13H16Cl2N2O2.ClH/c1-9-7-16-4-5-17(9)13(18)8-19-10-2-3-11(14)12(15)6-10;/h2-3,6,9,16H,4-5,7-8H2,1H3;1H/t9-;/m0./s1. The summed E-state index contributed by atoms with van der Waals surface area (Å²) >= 11 is 11.7. The van der Waals surface area contributed by atoms with Crippen molar-refractivity contribution in [1.82, 2.24) is 10.2 Å². The average Bonchev–Trinajstić information content (AvgIpc) is 2.40. The zero-order chi connectivity index (χ0) is 13.8. The van der Waals surface area contributed by atoms with Crippen LogP contribution in [0.3, 0.4) is 0 Å². The Kier molecular flexibility index (Phi) is 6.89. The van der Waals surface area contributed by atoms with Crippen LogP contribution in [0.4, 0.5) is 0 Å². The quantitative estimate of drug-likeness (QED) is 0.920. The molecule has 0 spiro atoms. The lowest BCUT2D eigenvalue weighted by molar-refractivity contribution is -0.136. The summed E-state index contributed by atoms with van der Waals surface area (Å²) in [6, 6.07) is 5.15. The Labute approximate surface area is 134 Å². The Balaban J connectivity index is 0.00000200. The molecule has 7 heteroatoms. The molecule has 0 aliphatic carbocycles. The molecule has 1 heterocycles. The van der Waals surface area contributed by atoms with Crippen LogP contribution in [0.5, 0.6) is 5.75 Å². The zero-order valence-corrected chi connectivity index (χ0v) is 13.4. The van der Waals surface area contributed by atoms with Crippen LogP contribution < -0.4 is 10.1 Å². The Bertz CT molecular complexity index is 471. The minimum Gasteiger partial charge on any atom is -0.484 e. The van der Waals surface area contributed by atoms with E-state index in [2.05, 4.69) is 5.32 Å². The summed E-state index contributed by atoms with van der Waals surface area (Å²) in [6.45, 7) is 4.39. The third-order valence-electron chi connectivity index (χ3n) is 3.08. The van der Waals surface area contributed by atoms with Crippen LogP contribution in [0, 0.1) is 0 Å². The Morgan fingerprint density at radius 1 is 1.45 bits per heavy atom. The molecule has 0 radical (unpaired) electrons. The number of amides is 1. The number of hydrogen-bond acceptors (Lipinski definition) is 3. The van der Waals surface area contributed by atoms with E-state index in [4.69, 9.17) is 27.9 Å². The number of nitrogens with zero attached hydrogens (tertiary/aromatic N) is 1. The topological polar surface area (TPSA) is 41.6 Å². The first-order valence-corrected chi connectivity index (χ1v) is 6.91. The van der Waals surface area contributed by atoms with Gasteiger partial charge in [-0.15, -0.1) is 12.4 Å². The summed E-state index contributed by atoms with van der Waals surface area (Å²) in [5.74, 6) is 0.533. The fourth-order valence-corrected chi connectivity index (χ4v) is 2.29. The highest BCUT2D eigenvalue weighted by Gasteiger charge is 2.23. The minimum atomic E-state index is -0.0138. The second kappa shape index (κ2) is 7.93. The van der Waals surface area contributed by atoms with E-state index in [1.165, 1.54) is 0 Å². The third-order valence-corrected chi connectivity index (χ3v) is 3.81. The van der Waals surface area contributed by atoms with E-state index < -0.39 is 0 Å². The summed E-state index contributed by atoms with van der Waals surface area (Å²) in [4.78, 5) is 13.9. The van der Waals surface area contributed by atoms with Gasteiger partial charge in [-0.25, -0.2) is 0 Å². The highest BCUT2D eigenvalue weighted by Crippen LogP contribution is 2.26. The number of ether oxygens (including phenoxy) is 1. The van der Waals surface area contributed by atoms with Crippen LogP contribution in [0.1, 0.15) is 6.92 Å². The summed E-state index contributed by atoms with van der Waals surface area (Å²) in [7, 11) is 0. The van der Waals surface area contributed by atoms with E-state index in [0.29, 0.717) is 22.3 Å². The highest BCUT2D eigenvalue weighted by atomic mass is 35.5. The van der Waals surface area contributed by atoms with Gasteiger partial charge in [0.15, 0.2) is 6.61 Å². The van der Waals surface area contributed by atoms with Gasteiger partial charge < -0.3 is 15.0 Å². The van der Waals surface area contributed by atoms with Gasteiger partial charge in [0.05, 0.1) is 10.0 Å². The largest absolute Gasteiger partial charge is 0.484 e. The van der Waals surface area contributed by atoms with Crippen molar-refractivity contribution in [3.8, 4) is 5.75 Å². The Morgan fingerprint density at radius 2 is 2.20 bits per heavy atom. The Morgan fingerprint density at radius 3 is 2.85 bits per heavy atom. The molecule has 1 aromatic rings. The Hall–Kier alpha value is -0.680. The first-order chi connectivity index (χ1) is 9.08. The van der Waals surface area contributed by atoms with Crippen molar-refractivity contribution < 1.29 is 9.53 Å². The second-order valence-corrected chi connectivity index (χ2v) is 5.32. The molecule has 1 aliphatic rings. The van der Waals surface area contributed by atoms with Gasteiger partial charge >= 0.3 is 0 Å². The molecule has 2 rings (SSSR count). The smallest absolute Gasteiger partial charge is 0.260 e. The molecule has 20 heavy (non-hydrogen) atoms. The van der Waals surface area contributed by atoms with Crippen molar-refractivity contribution in [3.63, 3.8) is 0 Å². The SMILES string of the molecule is C[C@H]1CNCCN1C(=O)COc1ccc(Cl)c(Cl)c1.Cl. The molecule has 1 aliphatic heterocycles. The molecule has 0 aromatic heterocycles. The number of hydrogen-bond donors (Lipinski definition) is 1. The monoisotopic (exact) mass is 338 g/mol. The molecule has 1 N–H and O–H groups in total. The summed E-state index contributed by atoms with van der Waals surface area (Å²) < 4.78 is 5.45. The molecule has 1 saturated heterocycles. The van der Waals surface area contributed by atoms with Crippen LogP contribution >= 0.6 is 35.6 Å². The molecule has 112 valence electrons. The summed E-state index contributed by atoms with van der Waals surface area (Å²) in [6.07, 6.45) is 0. The van der Waals surface area contributed by atoms with Gasteiger partial charge in [0.1, 0.15) is 5.75 Å². The average molecular weight is 340 g/mol. The highest BCUT2D eigenvalue weighted by molar-refractivity contribution is 6.42. The molecule has 1 atom stereocenters. The molecule has 0 saturated carbocycles. The van der Waals surface area contributed by atoms with Crippen molar-refractivity contribution in [2.75, 3.05) is 26.2 Å². The van der Waals surface area contributed by atoms with E-state index in [1.54, 1.807) is 18.2 Å². The zero-order valence-electron chi connectivity index (χ0n) is 11.1. The van der Waals surface area contributed by atoms with E-state index >= 15 is 0 Å².